The van der Waals surface area contributed by atoms with E-state index in [1.807, 2.05) is 0 Å². The molecule has 10 aromatic carbocycles. The highest BCUT2D eigenvalue weighted by atomic mass is 15.1. The topological polar surface area (TPSA) is 8.17 Å². The van der Waals surface area contributed by atoms with E-state index in [-0.39, 0.29) is 0 Å². The minimum atomic E-state index is 1.09. The number of rotatable bonds is 8. The van der Waals surface area contributed by atoms with Crippen LogP contribution in [0.1, 0.15) is 0 Å². The molecule has 0 spiro atoms. The number of benzene rings is 10. The lowest BCUT2D eigenvalue weighted by Gasteiger charge is -2.27. The largest absolute Gasteiger partial charge is 0.310 e. The average Bonchev–Trinajstić information content (AvgIpc) is 3.67. The number of hydrogen-bond acceptors (Lipinski definition) is 1. The van der Waals surface area contributed by atoms with E-state index in [2.05, 4.69) is 252 Å². The quantitative estimate of drug-likeness (QED) is 0.150. The van der Waals surface area contributed by atoms with Gasteiger partial charge in [0.25, 0.3) is 0 Å². The van der Waals surface area contributed by atoms with Gasteiger partial charge in [0.2, 0.25) is 0 Å². The van der Waals surface area contributed by atoms with Gasteiger partial charge >= 0.3 is 0 Å². The molecule has 0 saturated heterocycles. The van der Waals surface area contributed by atoms with Crippen LogP contribution in [0, 0.1) is 0 Å². The predicted molar refractivity (Wildman–Crippen MR) is 255 cm³/mol. The van der Waals surface area contributed by atoms with E-state index in [0.717, 1.165) is 22.7 Å². The van der Waals surface area contributed by atoms with Crippen molar-refractivity contribution in [3.63, 3.8) is 0 Å². The third-order valence-electron chi connectivity index (χ3n) is 11.8. The third kappa shape index (κ3) is 6.32. The van der Waals surface area contributed by atoms with Crippen LogP contribution in [0.5, 0.6) is 0 Å². The second kappa shape index (κ2) is 15.1. The summed E-state index contributed by atoms with van der Waals surface area (Å²) in [5.41, 5.74) is 16.4. The average molecular weight is 765 g/mol. The Labute approximate surface area is 350 Å². The van der Waals surface area contributed by atoms with E-state index in [9.17, 15) is 0 Å². The number of aromatic nitrogens is 1. The summed E-state index contributed by atoms with van der Waals surface area (Å²) in [6.45, 7) is 0. The molecule has 0 fully saturated rings. The van der Waals surface area contributed by atoms with Crippen LogP contribution in [0.2, 0.25) is 0 Å². The molecule has 0 aliphatic heterocycles. The lowest BCUT2D eigenvalue weighted by atomic mass is 9.96. The summed E-state index contributed by atoms with van der Waals surface area (Å²) in [4.78, 5) is 2.39. The maximum Gasteiger partial charge on any atom is 0.0547 e. The summed E-state index contributed by atoms with van der Waals surface area (Å²) >= 11 is 0. The second-order valence-electron chi connectivity index (χ2n) is 15.3. The lowest BCUT2D eigenvalue weighted by molar-refractivity contribution is 1.18. The first-order valence-corrected chi connectivity index (χ1v) is 20.6. The molecular formula is C58H40N2. The van der Waals surface area contributed by atoms with E-state index in [1.54, 1.807) is 0 Å². The van der Waals surface area contributed by atoms with Crippen molar-refractivity contribution in [1.82, 2.24) is 4.57 Å². The maximum absolute atomic E-state index is 2.39. The van der Waals surface area contributed by atoms with E-state index >= 15 is 0 Å². The lowest BCUT2D eigenvalue weighted by Crippen LogP contribution is -2.10. The van der Waals surface area contributed by atoms with Crippen LogP contribution in [0.15, 0.2) is 243 Å². The van der Waals surface area contributed by atoms with E-state index in [4.69, 9.17) is 0 Å². The number of nitrogens with zero attached hydrogens (tertiary/aromatic N) is 2. The number of anilines is 3. The van der Waals surface area contributed by atoms with Gasteiger partial charge in [0.1, 0.15) is 0 Å². The fourth-order valence-corrected chi connectivity index (χ4v) is 8.95. The number of fused-ring (bicyclic) bond motifs is 4. The molecule has 0 radical (unpaired) electrons. The maximum atomic E-state index is 2.39. The molecule has 0 aliphatic carbocycles. The Bertz CT molecular complexity index is 3280. The van der Waals surface area contributed by atoms with Crippen LogP contribution in [0.4, 0.5) is 17.1 Å². The van der Waals surface area contributed by atoms with Crippen molar-refractivity contribution in [2.75, 3.05) is 4.90 Å². The molecule has 0 saturated carbocycles. The van der Waals surface area contributed by atoms with Gasteiger partial charge < -0.3 is 9.47 Å². The van der Waals surface area contributed by atoms with Gasteiger partial charge in [0.15, 0.2) is 0 Å². The molecule has 2 nitrogen and oxygen atoms in total. The highest BCUT2D eigenvalue weighted by Gasteiger charge is 2.19. The summed E-state index contributed by atoms with van der Waals surface area (Å²) < 4.78 is 2.39. The fourth-order valence-electron chi connectivity index (χ4n) is 8.95. The standard InChI is InChI=1S/C58H40N2/c1-3-15-41(16-4-1)46-19-11-23-50(39-46)59(49-37-35-43(36-38-49)42-31-33-45(34-32-42)53-27-13-18-44-17-7-8-25-52(44)53)51-24-12-20-47(40-51)54-28-14-30-57-58(54)55-26-9-10-29-56(55)60(57)48-21-5-2-6-22-48/h1-40H. The van der Waals surface area contributed by atoms with Crippen LogP contribution >= 0.6 is 0 Å². The normalized spacial score (nSPS) is 11.3. The van der Waals surface area contributed by atoms with Crippen molar-refractivity contribution >= 4 is 49.6 Å². The highest BCUT2D eigenvalue weighted by molar-refractivity contribution is 6.16. The molecule has 60 heavy (non-hydrogen) atoms. The number of para-hydroxylation sites is 2. The molecule has 0 atom stereocenters. The van der Waals surface area contributed by atoms with Crippen molar-refractivity contribution in [2.45, 2.75) is 0 Å². The van der Waals surface area contributed by atoms with Gasteiger partial charge in [-0.2, -0.15) is 0 Å². The monoisotopic (exact) mass is 764 g/mol. The minimum Gasteiger partial charge on any atom is -0.310 e. The van der Waals surface area contributed by atoms with Gasteiger partial charge in [0, 0.05) is 33.5 Å². The summed E-state index contributed by atoms with van der Waals surface area (Å²) in [7, 11) is 0. The van der Waals surface area contributed by atoms with Crippen molar-refractivity contribution in [3.05, 3.63) is 243 Å². The first kappa shape index (κ1) is 35.2. The molecule has 0 unspecified atom stereocenters. The smallest absolute Gasteiger partial charge is 0.0547 e. The zero-order valence-corrected chi connectivity index (χ0v) is 33.0. The molecular weight excluding hydrogens is 725 g/mol. The molecule has 1 heterocycles. The minimum absolute atomic E-state index is 1.09. The Balaban J connectivity index is 1.01. The zero-order chi connectivity index (χ0) is 39.8. The first-order valence-electron chi connectivity index (χ1n) is 20.6. The summed E-state index contributed by atoms with van der Waals surface area (Å²) in [5, 5.41) is 5.02. The molecule has 282 valence electrons. The fraction of sp³-hybridized carbons (Fsp3) is 0. The van der Waals surface area contributed by atoms with Crippen molar-refractivity contribution in [1.29, 1.82) is 0 Å². The van der Waals surface area contributed by atoms with Crippen LogP contribution < -0.4 is 4.90 Å². The van der Waals surface area contributed by atoms with Crippen LogP contribution in [-0.2, 0) is 0 Å². The van der Waals surface area contributed by atoms with E-state index in [0.29, 0.717) is 0 Å². The summed E-state index contributed by atoms with van der Waals surface area (Å²) in [6, 6.07) is 87.8. The van der Waals surface area contributed by atoms with Gasteiger partial charge in [0.05, 0.1) is 11.0 Å². The predicted octanol–water partition coefficient (Wildman–Crippen LogP) is 16.1. The molecule has 0 amide bonds. The Morgan fingerprint density at radius 2 is 0.783 bits per heavy atom. The summed E-state index contributed by atoms with van der Waals surface area (Å²) in [6.07, 6.45) is 0. The molecule has 1 aromatic heterocycles. The second-order valence-corrected chi connectivity index (χ2v) is 15.3. The summed E-state index contributed by atoms with van der Waals surface area (Å²) in [5.74, 6) is 0. The molecule has 11 aromatic rings. The molecule has 11 rings (SSSR count). The Morgan fingerprint density at radius 3 is 1.55 bits per heavy atom. The van der Waals surface area contributed by atoms with Crippen molar-refractivity contribution in [3.8, 4) is 50.2 Å². The van der Waals surface area contributed by atoms with Gasteiger partial charge in [-0.05, 0) is 116 Å². The molecule has 0 N–H and O–H groups in total. The van der Waals surface area contributed by atoms with Crippen LogP contribution in [-0.4, -0.2) is 4.57 Å². The van der Waals surface area contributed by atoms with Crippen molar-refractivity contribution in [2.24, 2.45) is 0 Å². The van der Waals surface area contributed by atoms with E-state index in [1.165, 1.54) is 77.1 Å². The molecule has 0 aliphatic rings. The third-order valence-corrected chi connectivity index (χ3v) is 11.8. The van der Waals surface area contributed by atoms with Crippen LogP contribution in [0.25, 0.3) is 82.8 Å². The van der Waals surface area contributed by atoms with Crippen molar-refractivity contribution < 1.29 is 0 Å². The first-order chi connectivity index (χ1) is 29.8. The Hall–Kier alpha value is -7.94. The molecule has 0 bridgehead atoms. The van der Waals surface area contributed by atoms with Crippen LogP contribution in [0.3, 0.4) is 0 Å². The highest BCUT2D eigenvalue weighted by Crippen LogP contribution is 2.42. The zero-order valence-electron chi connectivity index (χ0n) is 33.0. The van der Waals surface area contributed by atoms with Gasteiger partial charge in [-0.1, -0.05) is 182 Å². The van der Waals surface area contributed by atoms with E-state index < -0.39 is 0 Å². The molecule has 2 heteroatoms. The Morgan fingerprint density at radius 1 is 0.283 bits per heavy atom. The van der Waals surface area contributed by atoms with Gasteiger partial charge in [-0.15, -0.1) is 0 Å². The Kier molecular flexibility index (Phi) is 8.87. The SMILES string of the molecule is c1ccc(-c2cccc(N(c3ccc(-c4ccc(-c5cccc6ccccc56)cc4)cc3)c3cccc(-c4cccc5c4c4ccccc4n5-c4ccccc4)c3)c2)cc1. The van der Waals surface area contributed by atoms with Gasteiger partial charge in [-0.3, -0.25) is 0 Å². The van der Waals surface area contributed by atoms with Gasteiger partial charge in [-0.25, -0.2) is 0 Å². The number of hydrogen-bond donors (Lipinski definition) is 0.